The molecule has 1 aromatic heterocycles. The zero-order chi connectivity index (χ0) is 18.7. The Bertz CT molecular complexity index is 881. The number of aryl methyl sites for hydroxylation is 1. The van der Waals surface area contributed by atoms with Gasteiger partial charge in [-0.1, -0.05) is 6.92 Å². The van der Waals surface area contributed by atoms with Crippen LogP contribution in [-0.4, -0.2) is 42.8 Å². The predicted molar refractivity (Wildman–Crippen MR) is 102 cm³/mol. The smallest absolute Gasteiger partial charge is 0.243 e. The normalized spacial score (nSPS) is 16.8. The molecule has 1 aromatic carbocycles. The van der Waals surface area contributed by atoms with Crippen molar-refractivity contribution in [1.82, 2.24) is 14.2 Å². The predicted octanol–water partition coefficient (Wildman–Crippen LogP) is 2.59. The Morgan fingerprint density at radius 1 is 1.19 bits per heavy atom. The summed E-state index contributed by atoms with van der Waals surface area (Å²) in [7, 11) is -3.52. The van der Waals surface area contributed by atoms with Crippen LogP contribution in [0.1, 0.15) is 33.1 Å². The van der Waals surface area contributed by atoms with Gasteiger partial charge in [0, 0.05) is 49.2 Å². The Kier molecular flexibility index (Phi) is 5.67. The molecule has 0 spiro atoms. The van der Waals surface area contributed by atoms with E-state index in [0.29, 0.717) is 37.4 Å². The van der Waals surface area contributed by atoms with E-state index in [1.54, 1.807) is 12.1 Å². The third-order valence-electron chi connectivity index (χ3n) is 5.09. The Labute approximate surface area is 155 Å². The molecule has 0 atom stereocenters. The number of hydrogen-bond donors (Lipinski definition) is 1. The van der Waals surface area contributed by atoms with E-state index >= 15 is 0 Å². The second kappa shape index (κ2) is 7.80. The number of carbonyl (C=O) groups is 1. The molecule has 2 aromatic rings. The van der Waals surface area contributed by atoms with Crippen LogP contribution in [-0.2, 0) is 21.4 Å². The van der Waals surface area contributed by atoms with Gasteiger partial charge >= 0.3 is 0 Å². The van der Waals surface area contributed by atoms with Crippen molar-refractivity contribution in [3.8, 4) is 0 Å². The summed E-state index contributed by atoms with van der Waals surface area (Å²) in [6, 6.07) is 7.25. The SMILES string of the molecule is CCCNC(=O)C1CCN(S(=O)(=O)c2ccc3c(ccn3CC)c2)CC1. The van der Waals surface area contributed by atoms with Crippen molar-refractivity contribution in [3.63, 3.8) is 0 Å². The fourth-order valence-electron chi connectivity index (χ4n) is 3.51. The number of fused-ring (bicyclic) bond motifs is 1. The number of nitrogens with zero attached hydrogens (tertiary/aromatic N) is 2. The largest absolute Gasteiger partial charge is 0.356 e. The highest BCUT2D eigenvalue weighted by molar-refractivity contribution is 7.89. The van der Waals surface area contributed by atoms with Crippen molar-refractivity contribution in [2.24, 2.45) is 5.92 Å². The van der Waals surface area contributed by atoms with Gasteiger partial charge in [0.2, 0.25) is 15.9 Å². The van der Waals surface area contributed by atoms with Gasteiger partial charge in [-0.3, -0.25) is 4.79 Å². The molecule has 1 aliphatic rings. The number of hydrogen-bond acceptors (Lipinski definition) is 3. The van der Waals surface area contributed by atoms with Crippen molar-refractivity contribution >= 4 is 26.8 Å². The molecule has 1 fully saturated rings. The highest BCUT2D eigenvalue weighted by Gasteiger charge is 2.32. The average Bonchev–Trinajstić information content (AvgIpc) is 3.08. The van der Waals surface area contributed by atoms with E-state index in [4.69, 9.17) is 0 Å². The lowest BCUT2D eigenvalue weighted by atomic mass is 9.97. The molecule has 0 aliphatic carbocycles. The summed E-state index contributed by atoms with van der Waals surface area (Å²) in [5.74, 6) is -0.0414. The first kappa shape index (κ1) is 18.9. The van der Waals surface area contributed by atoms with E-state index in [9.17, 15) is 13.2 Å². The number of amides is 1. The van der Waals surface area contributed by atoms with Crippen molar-refractivity contribution in [1.29, 1.82) is 0 Å². The molecule has 1 saturated heterocycles. The Hall–Kier alpha value is -1.86. The number of benzene rings is 1. The lowest BCUT2D eigenvalue weighted by Crippen LogP contribution is -2.43. The lowest BCUT2D eigenvalue weighted by molar-refractivity contribution is -0.126. The van der Waals surface area contributed by atoms with Gasteiger partial charge in [0.05, 0.1) is 4.90 Å². The van der Waals surface area contributed by atoms with Gasteiger partial charge in [0.25, 0.3) is 0 Å². The van der Waals surface area contributed by atoms with Gasteiger partial charge < -0.3 is 9.88 Å². The van der Waals surface area contributed by atoms with E-state index in [1.165, 1.54) is 4.31 Å². The maximum Gasteiger partial charge on any atom is 0.243 e. The van der Waals surface area contributed by atoms with Crippen molar-refractivity contribution in [2.45, 2.75) is 44.6 Å². The van der Waals surface area contributed by atoms with Gasteiger partial charge in [0.1, 0.15) is 0 Å². The molecule has 142 valence electrons. The molecule has 26 heavy (non-hydrogen) atoms. The van der Waals surface area contributed by atoms with Crippen LogP contribution in [0, 0.1) is 5.92 Å². The van der Waals surface area contributed by atoms with Gasteiger partial charge in [-0.15, -0.1) is 0 Å². The first-order valence-electron chi connectivity index (χ1n) is 9.34. The molecule has 0 radical (unpaired) electrons. The monoisotopic (exact) mass is 377 g/mol. The molecule has 1 aliphatic heterocycles. The lowest BCUT2D eigenvalue weighted by Gasteiger charge is -2.30. The summed E-state index contributed by atoms with van der Waals surface area (Å²) in [6.45, 7) is 6.38. The van der Waals surface area contributed by atoms with Crippen molar-refractivity contribution in [3.05, 3.63) is 30.5 Å². The Morgan fingerprint density at radius 2 is 1.92 bits per heavy atom. The molecule has 1 N–H and O–H groups in total. The first-order valence-corrected chi connectivity index (χ1v) is 10.8. The second-order valence-corrected chi connectivity index (χ2v) is 8.73. The second-order valence-electron chi connectivity index (χ2n) is 6.79. The molecular weight excluding hydrogens is 350 g/mol. The summed E-state index contributed by atoms with van der Waals surface area (Å²) in [5.41, 5.74) is 1.04. The summed E-state index contributed by atoms with van der Waals surface area (Å²) in [4.78, 5) is 12.4. The Morgan fingerprint density at radius 3 is 2.58 bits per heavy atom. The van der Waals surface area contributed by atoms with Crippen LogP contribution in [0.4, 0.5) is 0 Å². The van der Waals surface area contributed by atoms with E-state index in [2.05, 4.69) is 16.8 Å². The number of carbonyl (C=O) groups excluding carboxylic acids is 1. The van der Waals surface area contributed by atoms with Gasteiger partial charge in [-0.25, -0.2) is 8.42 Å². The highest BCUT2D eigenvalue weighted by Crippen LogP contribution is 2.26. The fourth-order valence-corrected chi connectivity index (χ4v) is 5.02. The Balaban J connectivity index is 1.72. The molecule has 2 heterocycles. The average molecular weight is 378 g/mol. The molecule has 0 bridgehead atoms. The van der Waals surface area contributed by atoms with Gasteiger partial charge in [-0.05, 0) is 50.5 Å². The third kappa shape index (κ3) is 3.64. The van der Waals surface area contributed by atoms with Crippen LogP contribution in [0.2, 0.25) is 0 Å². The molecule has 0 unspecified atom stereocenters. The maximum absolute atomic E-state index is 13.0. The van der Waals surface area contributed by atoms with E-state index < -0.39 is 10.0 Å². The van der Waals surface area contributed by atoms with Gasteiger partial charge in [-0.2, -0.15) is 4.31 Å². The van der Waals surface area contributed by atoms with Crippen molar-refractivity contribution < 1.29 is 13.2 Å². The van der Waals surface area contributed by atoms with Crippen LogP contribution in [0.15, 0.2) is 35.4 Å². The summed E-state index contributed by atoms with van der Waals surface area (Å²) < 4.78 is 29.5. The summed E-state index contributed by atoms with van der Waals surface area (Å²) in [5, 5.41) is 3.84. The zero-order valence-corrected chi connectivity index (χ0v) is 16.3. The quantitative estimate of drug-likeness (QED) is 0.841. The standard InChI is InChI=1S/C19H27N3O3S/c1-3-10-20-19(23)15-8-12-22(13-9-15)26(24,25)17-5-6-18-16(14-17)7-11-21(18)4-2/h5-7,11,14-15H,3-4,8-10,12-13H2,1-2H3,(H,20,23). The van der Waals surface area contributed by atoms with Crippen LogP contribution >= 0.6 is 0 Å². The number of rotatable bonds is 6. The summed E-state index contributed by atoms with van der Waals surface area (Å²) in [6.07, 6.45) is 4.02. The molecule has 0 saturated carbocycles. The van der Waals surface area contributed by atoms with E-state index in [0.717, 1.165) is 23.9 Å². The van der Waals surface area contributed by atoms with E-state index in [1.807, 2.05) is 25.3 Å². The molecule has 6 nitrogen and oxygen atoms in total. The molecule has 1 amide bonds. The van der Waals surface area contributed by atoms with Crippen LogP contribution in [0.5, 0.6) is 0 Å². The minimum absolute atomic E-state index is 0.0474. The molecular formula is C19H27N3O3S. The number of aromatic nitrogens is 1. The minimum atomic E-state index is -3.52. The third-order valence-corrected chi connectivity index (χ3v) is 6.99. The van der Waals surface area contributed by atoms with Crippen LogP contribution in [0.3, 0.4) is 0 Å². The van der Waals surface area contributed by atoms with E-state index in [-0.39, 0.29) is 11.8 Å². The molecule has 3 rings (SSSR count). The number of piperidine rings is 1. The topological polar surface area (TPSA) is 71.4 Å². The fraction of sp³-hybridized carbons (Fsp3) is 0.526. The number of sulfonamides is 1. The highest BCUT2D eigenvalue weighted by atomic mass is 32.2. The van der Waals surface area contributed by atoms with Gasteiger partial charge in [0.15, 0.2) is 0 Å². The first-order chi connectivity index (χ1) is 12.5. The van der Waals surface area contributed by atoms with Crippen LogP contribution < -0.4 is 5.32 Å². The zero-order valence-electron chi connectivity index (χ0n) is 15.4. The molecule has 7 heteroatoms. The maximum atomic E-state index is 13.0. The number of nitrogens with one attached hydrogen (secondary N) is 1. The minimum Gasteiger partial charge on any atom is -0.356 e. The summed E-state index contributed by atoms with van der Waals surface area (Å²) >= 11 is 0. The van der Waals surface area contributed by atoms with Crippen molar-refractivity contribution in [2.75, 3.05) is 19.6 Å². The van der Waals surface area contributed by atoms with Crippen LogP contribution in [0.25, 0.3) is 10.9 Å².